The van der Waals surface area contributed by atoms with Gasteiger partial charge in [-0.25, -0.2) is 0 Å². The van der Waals surface area contributed by atoms with Gasteiger partial charge < -0.3 is 0 Å². The summed E-state index contributed by atoms with van der Waals surface area (Å²) in [5.41, 5.74) is 0. The van der Waals surface area contributed by atoms with Crippen LogP contribution in [0.1, 0.15) is 25.7 Å². The van der Waals surface area contributed by atoms with E-state index in [0.717, 1.165) is 12.8 Å². The molecule has 0 amide bonds. The Balaban J connectivity index is 2.56. The van der Waals surface area contributed by atoms with Crippen LogP contribution in [-0.4, -0.2) is 0 Å². The highest BCUT2D eigenvalue weighted by atomic mass is 13.9. The minimum absolute atomic E-state index is 1.00. The van der Waals surface area contributed by atoms with Crippen LogP contribution in [-0.2, 0) is 0 Å². The lowest BCUT2D eigenvalue weighted by Gasteiger charge is -1.91. The Morgan fingerprint density at radius 2 is 0.667 bits per heavy atom. The lowest BCUT2D eigenvalue weighted by molar-refractivity contribution is 0.754. The van der Waals surface area contributed by atoms with E-state index in [9.17, 15) is 0 Å². The first-order valence-electron chi connectivity index (χ1n) is 10.6. The predicted octanol–water partition coefficient (Wildman–Crippen LogP) is 8.59. The molecule has 1 aliphatic carbocycles. The Labute approximate surface area is 183 Å². The predicted molar refractivity (Wildman–Crippen MR) is 136 cm³/mol. The zero-order chi connectivity index (χ0) is 21.2. The summed E-state index contributed by atoms with van der Waals surface area (Å²) in [4.78, 5) is 0. The maximum Gasteiger partial charge on any atom is -0.0276 e. The fraction of sp³-hybridized carbons (Fsp3) is 0.133. The van der Waals surface area contributed by atoms with Gasteiger partial charge in [-0.05, 0) is 31.8 Å². The molecule has 0 aliphatic heterocycles. The molecule has 0 saturated carbocycles. The van der Waals surface area contributed by atoms with Gasteiger partial charge in [0.15, 0.2) is 0 Å². The van der Waals surface area contributed by atoms with E-state index in [2.05, 4.69) is 24.3 Å². The Bertz CT molecular complexity index is 723. The van der Waals surface area contributed by atoms with Crippen LogP contribution in [0, 0.1) is 6.08 Å². The van der Waals surface area contributed by atoms with Crippen molar-refractivity contribution in [1.29, 1.82) is 0 Å². The molecular weight excluding hydrogens is 360 g/mol. The number of allylic oxidation sites excluding steroid dienone is 26. The summed E-state index contributed by atoms with van der Waals surface area (Å²) in [6.45, 7) is 0. The minimum Gasteiger partial charge on any atom is -0.0845 e. The van der Waals surface area contributed by atoms with E-state index >= 15 is 0 Å². The highest BCUT2D eigenvalue weighted by molar-refractivity contribution is 5.23. The van der Waals surface area contributed by atoms with Gasteiger partial charge in [-0.3, -0.25) is 0 Å². The van der Waals surface area contributed by atoms with E-state index in [-0.39, 0.29) is 0 Å². The van der Waals surface area contributed by atoms with Gasteiger partial charge in [-0.15, -0.1) is 0 Å². The fourth-order valence-electron chi connectivity index (χ4n) is 2.22. The van der Waals surface area contributed by atoms with E-state index in [1.807, 2.05) is 134 Å². The lowest BCUT2D eigenvalue weighted by atomic mass is 10.2. The third kappa shape index (κ3) is 19.4. The van der Waals surface area contributed by atoms with Gasteiger partial charge >= 0.3 is 0 Å². The van der Waals surface area contributed by atoms with Gasteiger partial charge in [0.05, 0.1) is 0 Å². The molecule has 0 saturated heterocycles. The Morgan fingerprint density at radius 1 is 0.333 bits per heavy atom. The maximum absolute atomic E-state index is 3.31. The summed E-state index contributed by atoms with van der Waals surface area (Å²) in [6.07, 6.45) is 58.5. The summed E-state index contributed by atoms with van der Waals surface area (Å²) in [5, 5.41) is 0. The lowest BCUT2D eigenvalue weighted by Crippen LogP contribution is -1.72. The second-order valence-electron chi connectivity index (χ2n) is 6.28. The van der Waals surface area contributed by atoms with Gasteiger partial charge in [-0.1, -0.05) is 152 Å². The summed E-state index contributed by atoms with van der Waals surface area (Å²) in [7, 11) is 0. The van der Waals surface area contributed by atoms with Crippen molar-refractivity contribution in [2.45, 2.75) is 25.7 Å². The van der Waals surface area contributed by atoms with E-state index < -0.39 is 0 Å². The molecule has 0 spiro atoms. The Hall–Kier alpha value is -3.38. The molecule has 0 N–H and O–H groups in total. The molecule has 0 bridgehead atoms. The molecule has 1 radical (unpaired) electrons. The van der Waals surface area contributed by atoms with Crippen molar-refractivity contribution in [2.75, 3.05) is 0 Å². The highest BCUT2D eigenvalue weighted by Crippen LogP contribution is 2.01. The largest absolute Gasteiger partial charge is 0.0845 e. The number of rotatable bonds is 0. The summed E-state index contributed by atoms with van der Waals surface area (Å²) < 4.78 is 0. The first-order chi connectivity index (χ1) is 15.0. The first kappa shape index (κ1) is 24.7. The first-order valence-corrected chi connectivity index (χ1v) is 10.6. The molecule has 0 heterocycles. The fourth-order valence-corrected chi connectivity index (χ4v) is 2.22. The van der Waals surface area contributed by atoms with Crippen molar-refractivity contribution in [2.24, 2.45) is 0 Å². The molecule has 0 atom stereocenters. The van der Waals surface area contributed by atoms with Crippen LogP contribution in [0.25, 0.3) is 0 Å². The second kappa shape index (κ2) is 21.9. The number of hydrogen-bond acceptors (Lipinski definition) is 0. The molecule has 0 unspecified atom stereocenters. The van der Waals surface area contributed by atoms with Gasteiger partial charge in [0.25, 0.3) is 0 Å². The molecule has 0 aromatic carbocycles. The molecule has 1 aliphatic rings. The molecule has 0 heteroatoms. The SMILES string of the molecule is [C]1=C/C=C/C=C\C=C\C=C\C=C\C=C\C=C/C=C/C=C/C=C/C=C/C=C\CCCC/1. The van der Waals surface area contributed by atoms with Crippen LogP contribution in [0.3, 0.4) is 0 Å². The zero-order valence-corrected chi connectivity index (χ0v) is 17.8. The summed E-state index contributed by atoms with van der Waals surface area (Å²) >= 11 is 0. The highest BCUT2D eigenvalue weighted by Gasteiger charge is 1.82. The van der Waals surface area contributed by atoms with Crippen molar-refractivity contribution in [3.05, 3.63) is 158 Å². The monoisotopic (exact) mass is 393 g/mol. The Kier molecular flexibility index (Phi) is 18.0. The van der Waals surface area contributed by atoms with Crippen LogP contribution < -0.4 is 0 Å². The van der Waals surface area contributed by atoms with E-state index in [0.29, 0.717) is 0 Å². The maximum atomic E-state index is 3.31. The van der Waals surface area contributed by atoms with E-state index in [4.69, 9.17) is 0 Å². The van der Waals surface area contributed by atoms with Crippen molar-refractivity contribution in [3.8, 4) is 0 Å². The van der Waals surface area contributed by atoms with Gasteiger partial charge in [0.2, 0.25) is 0 Å². The van der Waals surface area contributed by atoms with Gasteiger partial charge in [-0.2, -0.15) is 0 Å². The van der Waals surface area contributed by atoms with E-state index in [1.165, 1.54) is 12.8 Å². The van der Waals surface area contributed by atoms with Crippen LogP contribution in [0.15, 0.2) is 152 Å². The minimum atomic E-state index is 1.00. The van der Waals surface area contributed by atoms with Crippen LogP contribution >= 0.6 is 0 Å². The molecular formula is C30H33. The quantitative estimate of drug-likeness (QED) is 0.386. The third-order valence-corrected chi connectivity index (χ3v) is 3.74. The molecule has 153 valence electrons. The molecule has 0 nitrogen and oxygen atoms in total. The molecule has 0 aromatic heterocycles. The van der Waals surface area contributed by atoms with Crippen molar-refractivity contribution in [1.82, 2.24) is 0 Å². The Morgan fingerprint density at radius 3 is 1.07 bits per heavy atom. The molecule has 30 heavy (non-hydrogen) atoms. The topological polar surface area (TPSA) is 0 Å². The smallest absolute Gasteiger partial charge is 0.0276 e. The second-order valence-corrected chi connectivity index (χ2v) is 6.28. The summed E-state index contributed by atoms with van der Waals surface area (Å²) in [6, 6.07) is 0. The average Bonchev–Trinajstić information content (AvgIpc) is 2.76. The van der Waals surface area contributed by atoms with E-state index in [1.54, 1.807) is 0 Å². The molecule has 0 aromatic rings. The van der Waals surface area contributed by atoms with Crippen LogP contribution in [0.5, 0.6) is 0 Å². The third-order valence-electron chi connectivity index (χ3n) is 3.74. The number of hydrogen-bond donors (Lipinski definition) is 0. The van der Waals surface area contributed by atoms with Crippen LogP contribution in [0.4, 0.5) is 0 Å². The van der Waals surface area contributed by atoms with Crippen LogP contribution in [0.2, 0.25) is 0 Å². The summed E-state index contributed by atoms with van der Waals surface area (Å²) in [5.74, 6) is 0. The molecule has 0 fully saturated rings. The van der Waals surface area contributed by atoms with Gasteiger partial charge in [0, 0.05) is 0 Å². The molecule has 1 rings (SSSR count). The average molecular weight is 394 g/mol. The standard InChI is InChI=1S/C30H33/c1-2-4-6-8-10-12-14-16-18-20-22-24-26-28-30-29-27-25-23-21-19-17-15-13-11-9-7-5-3-1/h1-25H,26,28-30H2/b3-1+,4-2-,7-5+,8-6+,11-9+,12-10+,15-13+,16-14+,19-17-,20-18+,23-21+,24-22-,27-25?. The van der Waals surface area contributed by atoms with Crippen molar-refractivity contribution in [3.63, 3.8) is 0 Å². The normalized spacial score (nSPS) is 30.9. The van der Waals surface area contributed by atoms with Crippen molar-refractivity contribution >= 4 is 0 Å². The zero-order valence-electron chi connectivity index (χ0n) is 17.8. The van der Waals surface area contributed by atoms with Crippen molar-refractivity contribution < 1.29 is 0 Å². The van der Waals surface area contributed by atoms with Gasteiger partial charge in [0.1, 0.15) is 0 Å².